The van der Waals surface area contributed by atoms with Crippen LogP contribution in [-0.2, 0) is 0 Å². The predicted octanol–water partition coefficient (Wildman–Crippen LogP) is 3.14. The van der Waals surface area contributed by atoms with Gasteiger partial charge in [0.2, 0.25) is 0 Å². The summed E-state index contributed by atoms with van der Waals surface area (Å²) in [5.74, 6) is 1.59. The second-order valence-corrected chi connectivity index (χ2v) is 4.88. The van der Waals surface area contributed by atoms with Crippen molar-refractivity contribution in [2.24, 2.45) is 11.8 Å². The van der Waals surface area contributed by atoms with Crippen molar-refractivity contribution in [2.45, 2.75) is 33.6 Å². The van der Waals surface area contributed by atoms with Crippen LogP contribution in [0.2, 0.25) is 0 Å². The van der Waals surface area contributed by atoms with Crippen molar-refractivity contribution in [1.82, 2.24) is 5.32 Å². The van der Waals surface area contributed by atoms with Crippen molar-refractivity contribution in [3.05, 3.63) is 23.8 Å². The summed E-state index contributed by atoms with van der Waals surface area (Å²) in [6, 6.07) is 0. The molecule has 1 aliphatic carbocycles. The molecule has 0 aromatic rings. The van der Waals surface area contributed by atoms with E-state index in [-0.39, 0.29) is 0 Å². The molecule has 1 rings (SSSR count). The molecule has 0 amide bonds. The van der Waals surface area contributed by atoms with Crippen LogP contribution in [0.4, 0.5) is 0 Å². The molecule has 2 atom stereocenters. The summed E-state index contributed by atoms with van der Waals surface area (Å²) in [5.41, 5.74) is 2.78. The third-order valence-corrected chi connectivity index (χ3v) is 2.74. The lowest BCUT2D eigenvalue weighted by Gasteiger charge is -2.25. The first-order valence-electron chi connectivity index (χ1n) is 5.60. The average molecular weight is 193 g/mol. The number of allylic oxidation sites excluding steroid dienone is 2. The molecule has 1 N–H and O–H groups in total. The molecule has 0 fully saturated rings. The van der Waals surface area contributed by atoms with E-state index < -0.39 is 0 Å². The van der Waals surface area contributed by atoms with E-state index in [9.17, 15) is 0 Å². The van der Waals surface area contributed by atoms with Crippen LogP contribution < -0.4 is 5.32 Å². The van der Waals surface area contributed by atoms with Gasteiger partial charge >= 0.3 is 0 Å². The van der Waals surface area contributed by atoms with Crippen LogP contribution in [0.5, 0.6) is 0 Å². The van der Waals surface area contributed by atoms with Crippen LogP contribution in [0.1, 0.15) is 33.6 Å². The number of rotatable bonds is 4. The van der Waals surface area contributed by atoms with Crippen LogP contribution in [-0.4, -0.2) is 13.1 Å². The van der Waals surface area contributed by atoms with E-state index in [1.165, 1.54) is 18.4 Å². The van der Waals surface area contributed by atoms with Crippen LogP contribution in [0.15, 0.2) is 23.8 Å². The quantitative estimate of drug-likeness (QED) is 0.676. The molecule has 0 aliphatic heterocycles. The van der Waals surface area contributed by atoms with Gasteiger partial charge in [0.1, 0.15) is 0 Å². The highest BCUT2D eigenvalue weighted by atomic mass is 14.9. The van der Waals surface area contributed by atoms with Crippen molar-refractivity contribution >= 4 is 0 Å². The highest BCUT2D eigenvalue weighted by Gasteiger charge is 2.17. The zero-order chi connectivity index (χ0) is 10.6. The lowest BCUT2D eigenvalue weighted by atomic mass is 9.84. The standard InChI is InChI=1S/C13H23N/c1-10(2)8-14-9-13-6-11(3)5-12(4)7-13/h5,11,13-14H,1,6-9H2,2-4H3. The second kappa shape index (κ2) is 5.35. The highest BCUT2D eigenvalue weighted by molar-refractivity contribution is 5.06. The molecule has 14 heavy (non-hydrogen) atoms. The Bertz CT molecular complexity index is 227. The lowest BCUT2D eigenvalue weighted by Crippen LogP contribution is -2.27. The molecule has 0 aromatic carbocycles. The number of nitrogens with one attached hydrogen (secondary N) is 1. The van der Waals surface area contributed by atoms with Gasteiger partial charge in [-0.2, -0.15) is 0 Å². The van der Waals surface area contributed by atoms with Crippen molar-refractivity contribution < 1.29 is 0 Å². The molecular formula is C13H23N. The molecule has 0 saturated heterocycles. The minimum Gasteiger partial charge on any atom is -0.313 e. The fraction of sp³-hybridized carbons (Fsp3) is 0.692. The first-order chi connectivity index (χ1) is 6.58. The topological polar surface area (TPSA) is 12.0 Å². The predicted molar refractivity (Wildman–Crippen MR) is 63.3 cm³/mol. The summed E-state index contributed by atoms with van der Waals surface area (Å²) < 4.78 is 0. The first-order valence-corrected chi connectivity index (χ1v) is 5.60. The third-order valence-electron chi connectivity index (χ3n) is 2.74. The van der Waals surface area contributed by atoms with Crippen molar-refractivity contribution in [3.8, 4) is 0 Å². The molecule has 0 aromatic heterocycles. The molecule has 0 bridgehead atoms. The number of hydrogen-bond donors (Lipinski definition) is 1. The van der Waals surface area contributed by atoms with Gasteiger partial charge in [0, 0.05) is 6.54 Å². The first kappa shape index (κ1) is 11.5. The molecule has 0 heterocycles. The summed E-state index contributed by atoms with van der Waals surface area (Å²) in [4.78, 5) is 0. The zero-order valence-corrected chi connectivity index (χ0v) is 9.77. The Hall–Kier alpha value is -0.560. The van der Waals surface area contributed by atoms with E-state index >= 15 is 0 Å². The van der Waals surface area contributed by atoms with Crippen LogP contribution in [0.25, 0.3) is 0 Å². The lowest BCUT2D eigenvalue weighted by molar-refractivity contribution is 0.386. The Labute approximate surface area is 88.3 Å². The van der Waals surface area contributed by atoms with E-state index in [4.69, 9.17) is 0 Å². The molecular weight excluding hydrogens is 170 g/mol. The summed E-state index contributed by atoms with van der Waals surface area (Å²) in [6.45, 7) is 12.6. The van der Waals surface area contributed by atoms with Gasteiger partial charge in [0.05, 0.1) is 0 Å². The van der Waals surface area contributed by atoms with Crippen molar-refractivity contribution in [2.75, 3.05) is 13.1 Å². The van der Waals surface area contributed by atoms with Gasteiger partial charge in [0.15, 0.2) is 0 Å². The van der Waals surface area contributed by atoms with Gasteiger partial charge in [-0.3, -0.25) is 0 Å². The minimum absolute atomic E-state index is 0.764. The van der Waals surface area contributed by atoms with Crippen LogP contribution in [0, 0.1) is 11.8 Å². The molecule has 1 heteroatoms. The van der Waals surface area contributed by atoms with Gasteiger partial charge in [-0.1, -0.05) is 30.7 Å². The molecule has 1 nitrogen and oxygen atoms in total. The molecule has 1 aliphatic rings. The Morgan fingerprint density at radius 3 is 2.93 bits per heavy atom. The van der Waals surface area contributed by atoms with Gasteiger partial charge in [-0.05, 0) is 45.1 Å². The normalized spacial score (nSPS) is 27.2. The summed E-state index contributed by atoms with van der Waals surface area (Å²) in [7, 11) is 0. The molecule has 80 valence electrons. The second-order valence-electron chi connectivity index (χ2n) is 4.88. The van der Waals surface area contributed by atoms with Gasteiger partial charge in [-0.25, -0.2) is 0 Å². The van der Waals surface area contributed by atoms with Crippen molar-refractivity contribution in [1.29, 1.82) is 0 Å². The fourth-order valence-electron chi connectivity index (χ4n) is 2.33. The van der Waals surface area contributed by atoms with E-state index in [2.05, 4.69) is 38.7 Å². The van der Waals surface area contributed by atoms with Crippen LogP contribution >= 0.6 is 0 Å². The smallest absolute Gasteiger partial charge is 0.0159 e. The highest BCUT2D eigenvalue weighted by Crippen LogP contribution is 2.27. The van der Waals surface area contributed by atoms with Crippen molar-refractivity contribution in [3.63, 3.8) is 0 Å². The SMILES string of the molecule is C=C(C)CNCC1CC(C)=CC(C)C1. The molecule has 0 radical (unpaired) electrons. The van der Waals surface area contributed by atoms with Crippen LogP contribution in [0.3, 0.4) is 0 Å². The molecule has 0 saturated carbocycles. The number of hydrogen-bond acceptors (Lipinski definition) is 1. The average Bonchev–Trinajstić information content (AvgIpc) is 2.01. The van der Waals surface area contributed by atoms with Gasteiger partial charge < -0.3 is 5.32 Å². The van der Waals surface area contributed by atoms with E-state index in [0.717, 1.165) is 24.9 Å². The maximum absolute atomic E-state index is 3.89. The summed E-state index contributed by atoms with van der Waals surface area (Å²) in [6.07, 6.45) is 5.02. The Kier molecular flexibility index (Phi) is 4.40. The zero-order valence-electron chi connectivity index (χ0n) is 9.77. The Morgan fingerprint density at radius 2 is 2.36 bits per heavy atom. The summed E-state index contributed by atoms with van der Waals surface area (Å²) >= 11 is 0. The van der Waals surface area contributed by atoms with E-state index in [1.807, 2.05) is 0 Å². The van der Waals surface area contributed by atoms with E-state index in [1.54, 1.807) is 5.57 Å². The maximum atomic E-state index is 3.89. The Morgan fingerprint density at radius 1 is 1.64 bits per heavy atom. The summed E-state index contributed by atoms with van der Waals surface area (Å²) in [5, 5.41) is 3.47. The minimum atomic E-state index is 0.764. The molecule has 2 unspecified atom stereocenters. The Balaban J connectivity index is 2.26. The van der Waals surface area contributed by atoms with Gasteiger partial charge in [-0.15, -0.1) is 0 Å². The molecule has 0 spiro atoms. The maximum Gasteiger partial charge on any atom is 0.0159 e. The third kappa shape index (κ3) is 4.10. The largest absolute Gasteiger partial charge is 0.313 e. The fourth-order valence-corrected chi connectivity index (χ4v) is 2.33. The monoisotopic (exact) mass is 193 g/mol. The van der Waals surface area contributed by atoms with Gasteiger partial charge in [0.25, 0.3) is 0 Å². The van der Waals surface area contributed by atoms with E-state index in [0.29, 0.717) is 0 Å².